The zero-order chi connectivity index (χ0) is 37.6. The second-order valence-electron chi connectivity index (χ2n) is 11.8. The normalized spacial score (nSPS) is 12.2. The average molecular weight is 697 g/mol. The first-order valence-electron chi connectivity index (χ1n) is 15.5. The average Bonchev–Trinajstić information content (AvgIpc) is 3.35. The van der Waals surface area contributed by atoms with E-state index < -0.39 is 66.3 Å². The van der Waals surface area contributed by atoms with Gasteiger partial charge < -0.3 is 39.1 Å². The lowest BCUT2D eigenvalue weighted by molar-refractivity contribution is -0.197. The van der Waals surface area contributed by atoms with Crippen LogP contribution in [0.5, 0.6) is 0 Å². The van der Waals surface area contributed by atoms with Gasteiger partial charge in [-0.2, -0.15) is 0 Å². The minimum absolute atomic E-state index is 0.0381. The minimum Gasteiger partial charge on any atom is -0.345 e. The molecule has 1 rings (SSSR count). The van der Waals surface area contributed by atoms with Crippen LogP contribution in [0.1, 0.15) is 39.0 Å². The third kappa shape index (κ3) is 13.9. The van der Waals surface area contributed by atoms with Crippen LogP contribution in [0.4, 0.5) is 0 Å². The molecule has 1 aliphatic heterocycles. The van der Waals surface area contributed by atoms with E-state index in [0.29, 0.717) is 11.6 Å². The lowest BCUT2D eigenvalue weighted by Gasteiger charge is -2.27. The molecule has 0 radical (unpaired) electrons. The monoisotopic (exact) mass is 696 g/mol. The Morgan fingerprint density at radius 1 is 0.490 bits per heavy atom. The van der Waals surface area contributed by atoms with Crippen molar-refractivity contribution in [3.05, 3.63) is 0 Å². The summed E-state index contributed by atoms with van der Waals surface area (Å²) in [4.78, 5) is 135. The summed E-state index contributed by atoms with van der Waals surface area (Å²) in [5, 5.41) is 0.421. The molecule has 0 bridgehead atoms. The van der Waals surface area contributed by atoms with Gasteiger partial charge in [-0.3, -0.25) is 43.2 Å². The largest absolute Gasteiger partial charge is 0.345 e. The van der Waals surface area contributed by atoms with E-state index in [9.17, 15) is 47.9 Å². The van der Waals surface area contributed by atoms with Crippen LogP contribution in [-0.2, 0) is 52.8 Å². The van der Waals surface area contributed by atoms with E-state index in [2.05, 4.69) is 0 Å². The van der Waals surface area contributed by atoms with Gasteiger partial charge in [-0.25, -0.2) is 4.79 Å². The molecule has 1 aliphatic rings. The van der Waals surface area contributed by atoms with Crippen molar-refractivity contribution < 1.29 is 52.8 Å². The van der Waals surface area contributed by atoms with E-state index in [0.717, 1.165) is 24.5 Å². The van der Waals surface area contributed by atoms with Gasteiger partial charge in [-0.15, -0.1) is 5.06 Å². The molecule has 0 aromatic heterocycles. The van der Waals surface area contributed by atoms with Crippen molar-refractivity contribution in [3.63, 3.8) is 0 Å². The highest BCUT2D eigenvalue weighted by Gasteiger charge is 2.33. The lowest BCUT2D eigenvalue weighted by Crippen LogP contribution is -2.48. The summed E-state index contributed by atoms with van der Waals surface area (Å²) in [5.41, 5.74) is 0. The predicted octanol–water partition coefficient (Wildman–Crippen LogP) is -3.01. The Bertz CT molecular complexity index is 1290. The summed E-state index contributed by atoms with van der Waals surface area (Å²) in [5.74, 6) is -5.51. The molecule has 0 atom stereocenters. The maximum absolute atomic E-state index is 12.7. The molecular weight excluding hydrogens is 648 g/mol. The van der Waals surface area contributed by atoms with Crippen LogP contribution in [0.15, 0.2) is 0 Å². The van der Waals surface area contributed by atoms with Crippen molar-refractivity contribution in [1.29, 1.82) is 0 Å². The molecular formula is C30H48N8O11. The highest BCUT2D eigenvalue weighted by Crippen LogP contribution is 2.13. The molecule has 1 heterocycles. The molecule has 9 amide bonds. The summed E-state index contributed by atoms with van der Waals surface area (Å²) >= 11 is 0. The quantitative estimate of drug-likeness (QED) is 0.132. The van der Waals surface area contributed by atoms with Gasteiger partial charge in [-0.1, -0.05) is 0 Å². The van der Waals surface area contributed by atoms with Crippen LogP contribution in [0.3, 0.4) is 0 Å². The molecule has 0 aliphatic carbocycles. The summed E-state index contributed by atoms with van der Waals surface area (Å²) in [6.07, 6.45) is -0.384. The Hall–Kier alpha value is -5.10. The topological polar surface area (TPSA) is 206 Å². The van der Waals surface area contributed by atoms with Gasteiger partial charge in [-0.05, 0) is 13.3 Å². The number of carbonyl (C=O) groups excluding carboxylic acids is 10. The molecule has 0 N–H and O–H groups in total. The van der Waals surface area contributed by atoms with Crippen LogP contribution in [0.25, 0.3) is 0 Å². The van der Waals surface area contributed by atoms with Gasteiger partial charge in [0.05, 0.1) is 39.3 Å². The fourth-order valence-corrected chi connectivity index (χ4v) is 4.03. The maximum atomic E-state index is 12.7. The maximum Gasteiger partial charge on any atom is 0.333 e. The number of hydrogen-bond acceptors (Lipinski definition) is 11. The fourth-order valence-electron chi connectivity index (χ4n) is 4.03. The van der Waals surface area contributed by atoms with Crippen molar-refractivity contribution in [2.45, 2.75) is 39.0 Å². The molecule has 1 saturated heterocycles. The van der Waals surface area contributed by atoms with Gasteiger partial charge in [0.1, 0.15) is 0 Å². The molecule has 19 nitrogen and oxygen atoms in total. The second-order valence-corrected chi connectivity index (χ2v) is 11.8. The summed E-state index contributed by atoms with van der Waals surface area (Å²) in [6.45, 7) is 0.296. The van der Waals surface area contributed by atoms with Gasteiger partial charge in [0.15, 0.2) is 0 Å². The Labute approximate surface area is 285 Å². The zero-order valence-corrected chi connectivity index (χ0v) is 29.6. The molecule has 0 unspecified atom stereocenters. The van der Waals surface area contributed by atoms with Crippen LogP contribution in [-0.4, -0.2) is 194 Å². The smallest absolute Gasteiger partial charge is 0.333 e. The van der Waals surface area contributed by atoms with Gasteiger partial charge in [0, 0.05) is 81.6 Å². The SMILES string of the molecule is CCN(C)C(=O)CN(C)C(=O)CN(C)C(=O)CN(C)C(=O)CN(C)C(=O)CN(C)C(=O)CN(C)C(=O)CCCC(=O)ON1C(=O)CCC1=O. The number of imide groups is 1. The lowest BCUT2D eigenvalue weighted by atomic mass is 10.2. The molecule has 0 aromatic rings. The Balaban J connectivity index is 2.45. The van der Waals surface area contributed by atoms with Gasteiger partial charge in [0.2, 0.25) is 41.4 Å². The number of carbonyl (C=O) groups is 10. The summed E-state index contributed by atoms with van der Waals surface area (Å²) in [7, 11) is 9.88. The molecule has 274 valence electrons. The van der Waals surface area contributed by atoms with Crippen molar-refractivity contribution in [2.75, 3.05) is 95.1 Å². The van der Waals surface area contributed by atoms with Crippen LogP contribution >= 0.6 is 0 Å². The number of likely N-dealkylation sites (N-methyl/N-ethyl adjacent to an activating group) is 7. The molecule has 0 saturated carbocycles. The van der Waals surface area contributed by atoms with Gasteiger partial charge in [0.25, 0.3) is 11.8 Å². The van der Waals surface area contributed by atoms with E-state index in [1.807, 2.05) is 0 Å². The third-order valence-electron chi connectivity index (χ3n) is 7.66. The highest BCUT2D eigenvalue weighted by atomic mass is 16.7. The molecule has 49 heavy (non-hydrogen) atoms. The first-order valence-corrected chi connectivity index (χ1v) is 15.5. The van der Waals surface area contributed by atoms with Crippen molar-refractivity contribution >= 4 is 59.1 Å². The number of amides is 9. The minimum atomic E-state index is -0.845. The summed E-state index contributed by atoms with van der Waals surface area (Å²) in [6, 6.07) is 0. The third-order valence-corrected chi connectivity index (χ3v) is 7.66. The fraction of sp³-hybridized carbons (Fsp3) is 0.667. The van der Waals surface area contributed by atoms with Crippen LogP contribution in [0, 0.1) is 0 Å². The molecule has 0 spiro atoms. The standard InChI is InChI=1S/C30H48N8O11/c1-9-31(2)24(42)15-33(4)26(44)17-35(6)28(46)19-37(8)29(47)20-36(7)27(45)18-34(5)25(43)16-32(3)21(39)11-10-12-30(48)49-38-22(40)13-14-23(38)41/h9-20H2,1-8H3. The van der Waals surface area contributed by atoms with E-state index in [-0.39, 0.29) is 64.2 Å². The number of nitrogens with zero attached hydrogens (tertiary/aromatic N) is 8. The molecule has 0 aromatic carbocycles. The van der Waals surface area contributed by atoms with Gasteiger partial charge >= 0.3 is 5.97 Å². The highest BCUT2D eigenvalue weighted by molar-refractivity contribution is 6.01. The van der Waals surface area contributed by atoms with Crippen molar-refractivity contribution in [3.8, 4) is 0 Å². The Kier molecular flexibility index (Phi) is 16.8. The number of rotatable bonds is 18. The zero-order valence-electron chi connectivity index (χ0n) is 29.6. The molecule has 1 fully saturated rings. The molecule has 19 heteroatoms. The first kappa shape index (κ1) is 41.9. The Morgan fingerprint density at radius 2 is 0.776 bits per heavy atom. The van der Waals surface area contributed by atoms with E-state index in [4.69, 9.17) is 4.84 Å². The van der Waals surface area contributed by atoms with Crippen LogP contribution in [0.2, 0.25) is 0 Å². The second kappa shape index (κ2) is 19.7. The van der Waals surface area contributed by atoms with E-state index in [1.54, 1.807) is 14.0 Å². The number of hydroxylamine groups is 2. The van der Waals surface area contributed by atoms with E-state index >= 15 is 0 Å². The van der Waals surface area contributed by atoms with Crippen molar-refractivity contribution in [2.24, 2.45) is 0 Å². The van der Waals surface area contributed by atoms with Crippen molar-refractivity contribution in [1.82, 2.24) is 39.4 Å². The number of hydrogen-bond donors (Lipinski definition) is 0. The Morgan fingerprint density at radius 3 is 1.08 bits per heavy atom. The van der Waals surface area contributed by atoms with Crippen LogP contribution < -0.4 is 0 Å². The first-order chi connectivity index (χ1) is 22.8. The summed E-state index contributed by atoms with van der Waals surface area (Å²) < 4.78 is 0. The van der Waals surface area contributed by atoms with E-state index in [1.165, 1.54) is 52.1 Å². The predicted molar refractivity (Wildman–Crippen MR) is 170 cm³/mol.